The Kier molecular flexibility index (Phi) is 11.1. The predicted molar refractivity (Wildman–Crippen MR) is 115 cm³/mol. The van der Waals surface area contributed by atoms with Crippen LogP contribution in [0.15, 0.2) is 54.6 Å². The fourth-order valence-corrected chi connectivity index (χ4v) is 2.88. The van der Waals surface area contributed by atoms with Gasteiger partial charge in [-0.15, -0.1) is 0 Å². The van der Waals surface area contributed by atoms with Gasteiger partial charge in [0.05, 0.1) is 32.0 Å². The third kappa shape index (κ3) is 8.39. The van der Waals surface area contributed by atoms with Gasteiger partial charge in [-0.05, 0) is 44.0 Å². The van der Waals surface area contributed by atoms with Crippen LogP contribution in [0.1, 0.15) is 30.1 Å². The fourth-order valence-electron chi connectivity index (χ4n) is 2.88. The average Bonchev–Trinajstić information content (AvgIpc) is 2.79. The molecular formula is C24H30O7. The molecule has 0 aliphatic carbocycles. The van der Waals surface area contributed by atoms with E-state index < -0.39 is 11.9 Å². The van der Waals surface area contributed by atoms with Gasteiger partial charge in [0.1, 0.15) is 17.4 Å². The van der Waals surface area contributed by atoms with Crippen LogP contribution in [0.2, 0.25) is 0 Å². The number of carbonyl (C=O) groups excluding carboxylic acids is 2. The van der Waals surface area contributed by atoms with Gasteiger partial charge in [-0.3, -0.25) is 9.59 Å². The van der Waals surface area contributed by atoms with Gasteiger partial charge in [0.15, 0.2) is 12.6 Å². The van der Waals surface area contributed by atoms with Crippen molar-refractivity contribution in [2.24, 2.45) is 5.92 Å². The highest BCUT2D eigenvalue weighted by atomic mass is 16.7. The van der Waals surface area contributed by atoms with E-state index in [1.165, 1.54) is 0 Å². The van der Waals surface area contributed by atoms with Crippen molar-refractivity contribution in [3.05, 3.63) is 60.2 Å². The molecule has 0 radical (unpaired) electrons. The number of ketones is 1. The highest BCUT2D eigenvalue weighted by molar-refractivity contribution is 6.10. The number of rotatable bonds is 15. The molecule has 0 N–H and O–H groups in total. The minimum Gasteiger partial charge on any atom is -0.494 e. The Morgan fingerprint density at radius 1 is 0.903 bits per heavy atom. The quantitative estimate of drug-likeness (QED) is 0.139. The number of esters is 1. The number of benzene rings is 2. The largest absolute Gasteiger partial charge is 0.494 e. The van der Waals surface area contributed by atoms with Gasteiger partial charge in [0, 0.05) is 7.11 Å². The first kappa shape index (κ1) is 24.4. The summed E-state index contributed by atoms with van der Waals surface area (Å²) in [6, 6.07) is 16.2. The third-order valence-corrected chi connectivity index (χ3v) is 4.42. The standard InChI is InChI=1S/C24H30O7/c1-3-29-24(26)21(13-9-15-30-19-10-5-4-6-11-19)23(25)20-12-7-8-14-22(20)31-18-28-17-16-27-2/h4-8,10-12,14,21H,3,9,13,15-18H2,1-2H3. The van der Waals surface area contributed by atoms with Gasteiger partial charge in [-0.1, -0.05) is 30.3 Å². The molecular weight excluding hydrogens is 400 g/mol. The van der Waals surface area contributed by atoms with Crippen LogP contribution in [0, 0.1) is 5.92 Å². The molecule has 0 saturated heterocycles. The van der Waals surface area contributed by atoms with E-state index in [2.05, 4.69) is 0 Å². The van der Waals surface area contributed by atoms with Crippen molar-refractivity contribution < 1.29 is 33.3 Å². The molecule has 0 saturated carbocycles. The van der Waals surface area contributed by atoms with Gasteiger partial charge in [0.25, 0.3) is 0 Å². The lowest BCUT2D eigenvalue weighted by Crippen LogP contribution is -2.27. The van der Waals surface area contributed by atoms with E-state index >= 15 is 0 Å². The predicted octanol–water partition coefficient (Wildman–Crippen LogP) is 3.91. The smallest absolute Gasteiger partial charge is 0.316 e. The lowest BCUT2D eigenvalue weighted by molar-refractivity contribution is -0.146. The van der Waals surface area contributed by atoms with Gasteiger partial charge in [0.2, 0.25) is 0 Å². The summed E-state index contributed by atoms with van der Waals surface area (Å²) < 4.78 is 26.7. The molecule has 2 rings (SSSR count). The van der Waals surface area contributed by atoms with Crippen molar-refractivity contribution in [1.82, 2.24) is 0 Å². The van der Waals surface area contributed by atoms with E-state index in [4.69, 9.17) is 23.7 Å². The van der Waals surface area contributed by atoms with Crippen molar-refractivity contribution in [2.75, 3.05) is 40.3 Å². The summed E-state index contributed by atoms with van der Waals surface area (Å²) in [5, 5.41) is 0. The van der Waals surface area contributed by atoms with E-state index in [-0.39, 0.29) is 19.2 Å². The highest BCUT2D eigenvalue weighted by Crippen LogP contribution is 2.25. The van der Waals surface area contributed by atoms with E-state index in [1.54, 1.807) is 38.3 Å². The van der Waals surface area contributed by atoms with Crippen LogP contribution >= 0.6 is 0 Å². The second-order valence-corrected chi connectivity index (χ2v) is 6.63. The van der Waals surface area contributed by atoms with Crippen molar-refractivity contribution >= 4 is 11.8 Å². The molecule has 0 heterocycles. The fraction of sp³-hybridized carbons (Fsp3) is 0.417. The first-order valence-electron chi connectivity index (χ1n) is 10.3. The maximum absolute atomic E-state index is 13.2. The lowest BCUT2D eigenvalue weighted by atomic mass is 9.93. The Hall–Kier alpha value is -2.90. The number of carbonyl (C=O) groups is 2. The molecule has 2 aromatic rings. The molecule has 1 unspecified atom stereocenters. The molecule has 0 bridgehead atoms. The van der Waals surface area contributed by atoms with Crippen LogP contribution in [0.5, 0.6) is 11.5 Å². The van der Waals surface area contributed by atoms with Gasteiger partial charge in [-0.25, -0.2) is 0 Å². The van der Waals surface area contributed by atoms with Crippen LogP contribution < -0.4 is 9.47 Å². The number of hydrogen-bond acceptors (Lipinski definition) is 7. The molecule has 7 nitrogen and oxygen atoms in total. The number of ether oxygens (including phenoxy) is 5. The highest BCUT2D eigenvalue weighted by Gasteiger charge is 2.30. The minimum absolute atomic E-state index is 0.0252. The summed E-state index contributed by atoms with van der Waals surface area (Å²) in [7, 11) is 1.58. The van der Waals surface area contributed by atoms with Crippen LogP contribution in [0.3, 0.4) is 0 Å². The van der Waals surface area contributed by atoms with Crippen LogP contribution in [-0.4, -0.2) is 52.1 Å². The first-order valence-corrected chi connectivity index (χ1v) is 10.3. The molecule has 0 aliphatic heterocycles. The second-order valence-electron chi connectivity index (χ2n) is 6.63. The molecule has 0 fully saturated rings. The summed E-state index contributed by atoms with van der Waals surface area (Å²) >= 11 is 0. The summed E-state index contributed by atoms with van der Waals surface area (Å²) in [4.78, 5) is 25.7. The van der Waals surface area contributed by atoms with Crippen molar-refractivity contribution in [1.29, 1.82) is 0 Å². The van der Waals surface area contributed by atoms with Crippen LogP contribution in [-0.2, 0) is 19.0 Å². The lowest BCUT2D eigenvalue weighted by Gasteiger charge is -2.17. The normalized spacial score (nSPS) is 11.5. The Bertz CT molecular complexity index is 792. The Morgan fingerprint density at radius 2 is 1.65 bits per heavy atom. The van der Waals surface area contributed by atoms with E-state index in [0.717, 1.165) is 5.75 Å². The maximum atomic E-state index is 13.2. The van der Waals surface area contributed by atoms with Gasteiger partial charge in [-0.2, -0.15) is 0 Å². The van der Waals surface area contributed by atoms with Crippen molar-refractivity contribution in [3.63, 3.8) is 0 Å². The van der Waals surface area contributed by atoms with Crippen molar-refractivity contribution in [3.8, 4) is 11.5 Å². The maximum Gasteiger partial charge on any atom is 0.316 e. The zero-order chi connectivity index (χ0) is 22.3. The average molecular weight is 430 g/mol. The molecule has 7 heteroatoms. The Labute approximate surface area is 183 Å². The van der Waals surface area contributed by atoms with E-state index in [0.29, 0.717) is 44.0 Å². The molecule has 2 aromatic carbocycles. The van der Waals surface area contributed by atoms with Gasteiger partial charge < -0.3 is 23.7 Å². The topological polar surface area (TPSA) is 80.3 Å². The zero-order valence-electron chi connectivity index (χ0n) is 18.1. The summed E-state index contributed by atoms with van der Waals surface area (Å²) in [6.07, 6.45) is 0.830. The molecule has 0 aromatic heterocycles. The minimum atomic E-state index is -0.932. The molecule has 31 heavy (non-hydrogen) atoms. The number of para-hydroxylation sites is 2. The SMILES string of the molecule is CCOC(=O)C(CCCOc1ccccc1)C(=O)c1ccccc1OCOCCOC. The van der Waals surface area contributed by atoms with Crippen molar-refractivity contribution in [2.45, 2.75) is 19.8 Å². The second kappa shape index (κ2) is 14.2. The molecule has 0 spiro atoms. The molecule has 0 amide bonds. The summed E-state index contributed by atoms with van der Waals surface area (Å²) in [5.74, 6) is -0.712. The Balaban J connectivity index is 2.00. The number of methoxy groups -OCH3 is 1. The summed E-state index contributed by atoms with van der Waals surface area (Å²) in [6.45, 7) is 3.10. The molecule has 0 aliphatic rings. The first-order chi connectivity index (χ1) is 15.2. The Morgan fingerprint density at radius 3 is 2.39 bits per heavy atom. The van der Waals surface area contributed by atoms with Gasteiger partial charge >= 0.3 is 5.97 Å². The van der Waals surface area contributed by atoms with Crippen LogP contribution in [0.4, 0.5) is 0 Å². The van der Waals surface area contributed by atoms with Crippen LogP contribution in [0.25, 0.3) is 0 Å². The summed E-state index contributed by atoms with van der Waals surface area (Å²) in [5.41, 5.74) is 0.319. The van der Waals surface area contributed by atoms with E-state index in [1.807, 2.05) is 30.3 Å². The van der Waals surface area contributed by atoms with E-state index in [9.17, 15) is 9.59 Å². The monoisotopic (exact) mass is 430 g/mol. The number of hydrogen-bond donors (Lipinski definition) is 0. The third-order valence-electron chi connectivity index (χ3n) is 4.42. The number of Topliss-reactive ketones (excluding diaryl/α,β-unsaturated/α-hetero) is 1. The molecule has 1 atom stereocenters. The zero-order valence-corrected chi connectivity index (χ0v) is 18.1. The molecule has 168 valence electrons.